The first kappa shape index (κ1) is 12.6. The van der Waals surface area contributed by atoms with Crippen LogP contribution in [0.15, 0.2) is 35.1 Å². The molecule has 1 fully saturated rings. The van der Waals surface area contributed by atoms with Gasteiger partial charge in [0.05, 0.1) is 6.20 Å². The van der Waals surface area contributed by atoms with E-state index in [0.29, 0.717) is 53.7 Å². The highest BCUT2D eigenvalue weighted by Crippen LogP contribution is 2.28. The van der Waals surface area contributed by atoms with Gasteiger partial charge in [-0.05, 0) is 57.2 Å². The Balaban J connectivity index is 1.43. The Labute approximate surface area is 172 Å². The fourth-order valence-electron chi connectivity index (χ4n) is 3.55. The summed E-state index contributed by atoms with van der Waals surface area (Å²) in [7, 11) is 0. The molecule has 0 spiro atoms. The van der Waals surface area contributed by atoms with Crippen LogP contribution in [-0.4, -0.2) is 45.8 Å². The number of anilines is 1. The summed E-state index contributed by atoms with van der Waals surface area (Å²) in [6, 6.07) is 2.95. The molecule has 1 aliphatic rings. The van der Waals surface area contributed by atoms with E-state index in [0.717, 1.165) is 10.8 Å². The first-order chi connectivity index (χ1) is 15.9. The Bertz CT molecular complexity index is 1170. The number of pyridine rings is 2. The van der Waals surface area contributed by atoms with Crippen molar-refractivity contribution in [2.75, 3.05) is 19.3 Å². The Hall–Kier alpha value is -2.80. The number of aromatic nitrogens is 3. The van der Waals surface area contributed by atoms with E-state index >= 15 is 0 Å². The number of nitrogens with one attached hydrogen (secondary N) is 1. The summed E-state index contributed by atoms with van der Waals surface area (Å²) in [6.07, 6.45) is 6.30. The second-order valence-electron chi connectivity index (χ2n) is 7.09. The molecule has 1 saturated carbocycles. The summed E-state index contributed by atoms with van der Waals surface area (Å²) in [5, 5.41) is 4.45. The Morgan fingerprint density at radius 1 is 1.11 bits per heavy atom. The third kappa shape index (κ3) is 3.89. The van der Waals surface area contributed by atoms with Crippen LogP contribution in [0.5, 0.6) is 0 Å². The number of oxazole rings is 1. The van der Waals surface area contributed by atoms with Gasteiger partial charge < -0.3 is 14.6 Å². The number of nitrogens with zero attached hydrogens (tertiary/aromatic N) is 4. The zero-order valence-electron chi connectivity index (χ0n) is 21.5. The van der Waals surface area contributed by atoms with Crippen LogP contribution in [0.1, 0.15) is 39.8 Å². The van der Waals surface area contributed by atoms with E-state index in [4.69, 9.17) is 12.6 Å². The van der Waals surface area contributed by atoms with Crippen LogP contribution < -0.4 is 5.32 Å². The minimum absolute atomic E-state index is 0.222. The lowest BCUT2D eigenvalue weighted by Gasteiger charge is -2.31. The summed E-state index contributed by atoms with van der Waals surface area (Å²) in [5.74, 6) is 0.891. The van der Waals surface area contributed by atoms with Gasteiger partial charge in [-0.15, -0.1) is 0 Å². The third-order valence-electron chi connectivity index (χ3n) is 5.16. The van der Waals surface area contributed by atoms with Gasteiger partial charge in [-0.25, -0.2) is 9.97 Å². The molecular weight excluding hydrogens is 354 g/mol. The lowest BCUT2D eigenvalue weighted by atomic mass is 9.85. The SMILES string of the molecule is [2H]C([2H])([2H])N(C1CCC(C(=O)Nc2cc3cc(-c4cnc(C)o4)ncc3cn2)CC1)C([2H])([2H])[2H]. The van der Waals surface area contributed by atoms with Gasteiger partial charge in [0.2, 0.25) is 5.91 Å². The van der Waals surface area contributed by atoms with E-state index in [1.165, 1.54) is 0 Å². The van der Waals surface area contributed by atoms with Crippen molar-refractivity contribution in [3.05, 3.63) is 36.6 Å². The van der Waals surface area contributed by atoms with Crippen molar-refractivity contribution >= 4 is 22.5 Å². The smallest absolute Gasteiger partial charge is 0.228 e. The minimum atomic E-state index is -2.72. The molecule has 1 aliphatic carbocycles. The van der Waals surface area contributed by atoms with Crippen LogP contribution in [0.3, 0.4) is 0 Å². The van der Waals surface area contributed by atoms with Crippen LogP contribution in [0.4, 0.5) is 5.82 Å². The molecule has 0 saturated heterocycles. The van der Waals surface area contributed by atoms with E-state index in [1.807, 2.05) is 6.07 Å². The average Bonchev–Trinajstić information content (AvgIpc) is 3.18. The molecule has 146 valence electrons. The number of carbonyl (C=O) groups excluding carboxylic acids is 1. The number of fused-ring (bicyclic) bond motifs is 1. The van der Waals surface area contributed by atoms with Gasteiger partial charge in [0.15, 0.2) is 11.7 Å². The van der Waals surface area contributed by atoms with Crippen molar-refractivity contribution in [1.82, 2.24) is 19.9 Å². The molecule has 0 aromatic carbocycles. The van der Waals surface area contributed by atoms with Gasteiger partial charge in [0, 0.05) is 44.9 Å². The number of hydrogen-bond donors (Lipinski definition) is 1. The maximum absolute atomic E-state index is 12.8. The van der Waals surface area contributed by atoms with E-state index in [-0.39, 0.29) is 11.8 Å². The quantitative estimate of drug-likeness (QED) is 0.738. The highest BCUT2D eigenvalue weighted by atomic mass is 16.4. The van der Waals surface area contributed by atoms with Crippen LogP contribution in [0.25, 0.3) is 22.2 Å². The van der Waals surface area contributed by atoms with E-state index in [9.17, 15) is 4.79 Å². The third-order valence-corrected chi connectivity index (χ3v) is 5.16. The minimum Gasteiger partial charge on any atom is -0.439 e. The molecule has 0 radical (unpaired) electrons. The van der Waals surface area contributed by atoms with Crippen LogP contribution >= 0.6 is 0 Å². The fourth-order valence-corrected chi connectivity index (χ4v) is 3.55. The van der Waals surface area contributed by atoms with Gasteiger partial charge in [0.1, 0.15) is 11.5 Å². The summed E-state index contributed by atoms with van der Waals surface area (Å²) < 4.78 is 51.1. The first-order valence-corrected chi connectivity index (χ1v) is 9.21. The molecule has 0 atom stereocenters. The van der Waals surface area contributed by atoms with Crippen LogP contribution in [-0.2, 0) is 4.79 Å². The molecule has 3 heterocycles. The van der Waals surface area contributed by atoms with Crippen molar-refractivity contribution in [2.24, 2.45) is 5.92 Å². The molecule has 3 aromatic rings. The number of carbonyl (C=O) groups is 1. The topological polar surface area (TPSA) is 84.2 Å². The highest BCUT2D eigenvalue weighted by Gasteiger charge is 2.27. The molecular formula is C21H25N5O2. The van der Waals surface area contributed by atoms with E-state index in [1.54, 1.807) is 31.6 Å². The van der Waals surface area contributed by atoms with Gasteiger partial charge in [0.25, 0.3) is 0 Å². The summed E-state index contributed by atoms with van der Waals surface area (Å²) in [5.41, 5.74) is 0.614. The van der Waals surface area contributed by atoms with E-state index in [2.05, 4.69) is 20.3 Å². The van der Waals surface area contributed by atoms with Crippen molar-refractivity contribution in [3.8, 4) is 11.5 Å². The second kappa shape index (κ2) is 7.67. The summed E-state index contributed by atoms with van der Waals surface area (Å²) in [6.45, 7) is -3.70. The molecule has 4 rings (SSSR count). The number of aryl methyl sites for hydroxylation is 1. The largest absolute Gasteiger partial charge is 0.439 e. The maximum Gasteiger partial charge on any atom is 0.228 e. The molecule has 1 N–H and O–H groups in total. The molecule has 1 amide bonds. The zero-order valence-corrected chi connectivity index (χ0v) is 15.5. The summed E-state index contributed by atoms with van der Waals surface area (Å²) >= 11 is 0. The standard InChI is InChI=1S/C21H25N5O2/c1-13-22-12-19(28-13)18-8-15-9-20(24-11-16(15)10-23-18)25-21(27)14-4-6-17(7-5-14)26(2)3/h8-12,14,17H,4-7H2,1-3H3,(H,24,25,27)/i2D3,3D3. The molecule has 0 bridgehead atoms. The van der Waals surface area contributed by atoms with Crippen molar-refractivity contribution < 1.29 is 17.4 Å². The molecule has 28 heavy (non-hydrogen) atoms. The number of amides is 1. The second-order valence-corrected chi connectivity index (χ2v) is 7.09. The van der Waals surface area contributed by atoms with Gasteiger partial charge in [-0.2, -0.15) is 0 Å². The Kier molecular flexibility index (Phi) is 3.46. The fraction of sp³-hybridized carbons (Fsp3) is 0.429. The summed E-state index contributed by atoms with van der Waals surface area (Å²) in [4.78, 5) is 26.2. The number of rotatable bonds is 4. The lowest BCUT2D eigenvalue weighted by Crippen LogP contribution is -2.35. The zero-order chi connectivity index (χ0) is 24.7. The molecule has 7 heteroatoms. The lowest BCUT2D eigenvalue weighted by molar-refractivity contribution is -0.121. The van der Waals surface area contributed by atoms with Crippen LogP contribution in [0, 0.1) is 12.8 Å². The molecule has 3 aromatic heterocycles. The van der Waals surface area contributed by atoms with Gasteiger partial charge >= 0.3 is 0 Å². The maximum atomic E-state index is 12.8. The monoisotopic (exact) mass is 385 g/mol. The van der Waals surface area contributed by atoms with E-state index < -0.39 is 20.0 Å². The molecule has 0 unspecified atom stereocenters. The normalized spacial score (nSPS) is 23.9. The predicted molar refractivity (Wildman–Crippen MR) is 108 cm³/mol. The van der Waals surface area contributed by atoms with Crippen LogP contribution in [0.2, 0.25) is 0 Å². The Morgan fingerprint density at radius 3 is 2.61 bits per heavy atom. The van der Waals surface area contributed by atoms with Crippen molar-refractivity contribution in [3.63, 3.8) is 0 Å². The first-order valence-electron chi connectivity index (χ1n) is 12.2. The molecule has 0 aliphatic heterocycles. The van der Waals surface area contributed by atoms with Crippen molar-refractivity contribution in [1.29, 1.82) is 0 Å². The highest BCUT2D eigenvalue weighted by molar-refractivity contribution is 5.94. The number of hydrogen-bond acceptors (Lipinski definition) is 6. The van der Waals surface area contributed by atoms with Crippen molar-refractivity contribution in [2.45, 2.75) is 38.6 Å². The van der Waals surface area contributed by atoms with Gasteiger partial charge in [-0.1, -0.05) is 0 Å². The average molecular weight is 386 g/mol. The van der Waals surface area contributed by atoms with Gasteiger partial charge in [-0.3, -0.25) is 9.78 Å². The molecule has 7 nitrogen and oxygen atoms in total. The Morgan fingerprint density at radius 2 is 1.89 bits per heavy atom. The predicted octanol–water partition coefficient (Wildman–Crippen LogP) is 3.65.